The van der Waals surface area contributed by atoms with Gasteiger partial charge in [0.25, 0.3) is 5.56 Å². The molecule has 0 spiro atoms. The first-order valence-corrected chi connectivity index (χ1v) is 11.6. The van der Waals surface area contributed by atoms with Gasteiger partial charge in [0, 0.05) is 5.02 Å². The largest absolute Gasteiger partial charge is 0.323 e. The van der Waals surface area contributed by atoms with E-state index >= 15 is 0 Å². The monoisotopic (exact) mass is 493 g/mol. The molecule has 0 saturated heterocycles. The number of thioether (sulfide) groups is 1. The third-order valence-electron chi connectivity index (χ3n) is 5.29. The minimum Gasteiger partial charge on any atom is -0.323 e. The van der Waals surface area contributed by atoms with E-state index in [-0.39, 0.29) is 17.0 Å². The van der Waals surface area contributed by atoms with Gasteiger partial charge in [0.05, 0.1) is 28.0 Å². The number of anilines is 1. The zero-order valence-electron chi connectivity index (χ0n) is 17.8. The van der Waals surface area contributed by atoms with Crippen LogP contribution >= 0.6 is 23.4 Å². The minimum atomic E-state index is -0.580. The van der Waals surface area contributed by atoms with Gasteiger partial charge in [0.2, 0.25) is 11.7 Å². The summed E-state index contributed by atoms with van der Waals surface area (Å²) in [5.41, 5.74) is 2.02. The molecule has 0 bridgehead atoms. The van der Waals surface area contributed by atoms with E-state index in [4.69, 9.17) is 11.6 Å². The Morgan fingerprint density at radius 1 is 1.09 bits per heavy atom. The molecule has 0 aliphatic heterocycles. The van der Waals surface area contributed by atoms with Gasteiger partial charge in [-0.2, -0.15) is 0 Å². The van der Waals surface area contributed by atoms with Gasteiger partial charge in [-0.25, -0.2) is 8.96 Å². The first-order chi connectivity index (χ1) is 16.4. The van der Waals surface area contributed by atoms with E-state index in [2.05, 4.69) is 15.5 Å². The van der Waals surface area contributed by atoms with Crippen molar-refractivity contribution in [1.29, 1.82) is 0 Å². The number of fused-ring (bicyclic) bond motifs is 3. The molecular weight excluding hydrogens is 477 g/mol. The molecular formula is C24H17ClFN5O2S. The Morgan fingerprint density at radius 3 is 2.68 bits per heavy atom. The second kappa shape index (κ2) is 8.92. The molecule has 1 amide bonds. The average Bonchev–Trinajstić information content (AvgIpc) is 3.25. The van der Waals surface area contributed by atoms with Crippen molar-refractivity contribution in [2.45, 2.75) is 12.1 Å². The fourth-order valence-corrected chi connectivity index (χ4v) is 4.63. The van der Waals surface area contributed by atoms with E-state index in [0.29, 0.717) is 32.5 Å². The molecule has 0 saturated carbocycles. The van der Waals surface area contributed by atoms with Crippen molar-refractivity contribution in [3.63, 3.8) is 0 Å². The molecule has 1 N–H and O–H groups in total. The second-order valence-corrected chi connectivity index (χ2v) is 8.90. The summed E-state index contributed by atoms with van der Waals surface area (Å²) in [7, 11) is 0. The number of para-hydroxylation sites is 2. The smallest absolute Gasteiger partial charge is 0.267 e. The Kier molecular flexibility index (Phi) is 5.80. The number of hydrogen-bond acceptors (Lipinski definition) is 5. The summed E-state index contributed by atoms with van der Waals surface area (Å²) in [6.45, 7) is 1.92. The number of carbonyl (C=O) groups excluding carboxylic acids is 1. The predicted molar refractivity (Wildman–Crippen MR) is 132 cm³/mol. The summed E-state index contributed by atoms with van der Waals surface area (Å²) in [4.78, 5) is 25.9. The van der Waals surface area contributed by atoms with Crippen LogP contribution in [0.25, 0.3) is 22.4 Å². The molecule has 2 heterocycles. The molecule has 7 nitrogen and oxygen atoms in total. The van der Waals surface area contributed by atoms with Crippen LogP contribution in [0.3, 0.4) is 0 Å². The maximum atomic E-state index is 14.0. The molecule has 170 valence electrons. The Bertz CT molecular complexity index is 1630. The Balaban J connectivity index is 1.56. The van der Waals surface area contributed by atoms with E-state index in [1.807, 2.05) is 37.3 Å². The average molecular weight is 494 g/mol. The lowest BCUT2D eigenvalue weighted by molar-refractivity contribution is -0.113. The highest BCUT2D eigenvalue weighted by molar-refractivity contribution is 7.99. The third-order valence-corrected chi connectivity index (χ3v) is 6.45. The number of halogens is 2. The lowest BCUT2D eigenvalue weighted by Crippen LogP contribution is -2.22. The topological polar surface area (TPSA) is 81.3 Å². The Hall–Kier alpha value is -3.69. The van der Waals surface area contributed by atoms with E-state index in [1.54, 1.807) is 22.6 Å². The molecule has 0 atom stereocenters. The van der Waals surface area contributed by atoms with Crippen molar-refractivity contribution in [3.8, 4) is 5.69 Å². The first-order valence-electron chi connectivity index (χ1n) is 10.3. The summed E-state index contributed by atoms with van der Waals surface area (Å²) >= 11 is 7.03. The van der Waals surface area contributed by atoms with Crippen molar-refractivity contribution in [3.05, 3.63) is 93.5 Å². The van der Waals surface area contributed by atoms with Crippen molar-refractivity contribution in [1.82, 2.24) is 19.2 Å². The van der Waals surface area contributed by atoms with Crippen LogP contribution in [0.5, 0.6) is 0 Å². The molecule has 34 heavy (non-hydrogen) atoms. The van der Waals surface area contributed by atoms with Crippen LogP contribution in [0.2, 0.25) is 5.02 Å². The normalized spacial score (nSPS) is 11.3. The standard InChI is InChI=1S/C24H17ClFN5O2S/c1-14-6-2-4-8-19(14)30-22(33)16-7-3-5-9-20(16)31-23(30)28-29-24(31)34-13-21(32)27-18-12-15(25)10-11-17(18)26/h2-12H,13H2,1H3,(H,27,32). The third kappa shape index (κ3) is 3.93. The molecule has 0 unspecified atom stereocenters. The van der Waals surface area contributed by atoms with Crippen molar-refractivity contribution in [2.24, 2.45) is 0 Å². The highest BCUT2D eigenvalue weighted by atomic mass is 35.5. The Morgan fingerprint density at radius 2 is 1.85 bits per heavy atom. The predicted octanol–water partition coefficient (Wildman–Crippen LogP) is 4.87. The summed E-state index contributed by atoms with van der Waals surface area (Å²) in [5.74, 6) is -0.727. The number of nitrogens with one attached hydrogen (secondary N) is 1. The molecule has 5 aromatic rings. The molecule has 0 fully saturated rings. The maximum Gasteiger partial charge on any atom is 0.267 e. The van der Waals surface area contributed by atoms with Crippen LogP contribution in [0.4, 0.5) is 10.1 Å². The van der Waals surface area contributed by atoms with E-state index in [1.165, 1.54) is 22.8 Å². The number of carbonyl (C=O) groups is 1. The number of hydrogen-bond donors (Lipinski definition) is 1. The SMILES string of the molecule is Cc1ccccc1-n1c(=O)c2ccccc2n2c(SCC(=O)Nc3cc(Cl)ccc3F)nnc12. The van der Waals surface area contributed by atoms with Crippen LogP contribution in [-0.4, -0.2) is 30.8 Å². The van der Waals surface area contributed by atoms with Crippen molar-refractivity contribution >= 4 is 51.6 Å². The number of nitrogens with zero attached hydrogens (tertiary/aromatic N) is 4. The summed E-state index contributed by atoms with van der Waals surface area (Å²) in [6.07, 6.45) is 0. The van der Waals surface area contributed by atoms with E-state index < -0.39 is 11.7 Å². The van der Waals surface area contributed by atoms with E-state index in [0.717, 1.165) is 17.3 Å². The van der Waals surface area contributed by atoms with Crippen LogP contribution in [-0.2, 0) is 4.79 Å². The summed E-state index contributed by atoms with van der Waals surface area (Å²) < 4.78 is 17.2. The summed E-state index contributed by atoms with van der Waals surface area (Å²) in [6, 6.07) is 18.6. The number of aryl methyl sites for hydroxylation is 1. The maximum absolute atomic E-state index is 14.0. The van der Waals surface area contributed by atoms with Gasteiger partial charge in [0.1, 0.15) is 5.82 Å². The molecule has 0 aliphatic carbocycles. The number of amides is 1. The zero-order chi connectivity index (χ0) is 23.8. The number of benzene rings is 3. The lowest BCUT2D eigenvalue weighted by atomic mass is 10.2. The molecule has 10 heteroatoms. The fraction of sp³-hybridized carbons (Fsp3) is 0.0833. The highest BCUT2D eigenvalue weighted by Gasteiger charge is 2.19. The van der Waals surface area contributed by atoms with Gasteiger partial charge in [-0.3, -0.25) is 14.0 Å². The van der Waals surface area contributed by atoms with Gasteiger partial charge in [-0.05, 0) is 48.9 Å². The first kappa shape index (κ1) is 22.1. The quantitative estimate of drug-likeness (QED) is 0.353. The molecule has 0 aliphatic rings. The molecule has 5 rings (SSSR count). The lowest BCUT2D eigenvalue weighted by Gasteiger charge is -2.13. The summed E-state index contributed by atoms with van der Waals surface area (Å²) in [5, 5.41) is 12.3. The van der Waals surface area contributed by atoms with Gasteiger partial charge >= 0.3 is 0 Å². The second-order valence-electron chi connectivity index (χ2n) is 7.52. The fourth-order valence-electron chi connectivity index (χ4n) is 3.71. The van der Waals surface area contributed by atoms with Crippen LogP contribution in [0.15, 0.2) is 76.7 Å². The van der Waals surface area contributed by atoms with Gasteiger partial charge in [-0.15, -0.1) is 10.2 Å². The zero-order valence-corrected chi connectivity index (χ0v) is 19.4. The molecule has 3 aromatic carbocycles. The highest BCUT2D eigenvalue weighted by Crippen LogP contribution is 2.25. The van der Waals surface area contributed by atoms with Crippen LogP contribution in [0.1, 0.15) is 5.56 Å². The van der Waals surface area contributed by atoms with Gasteiger partial charge < -0.3 is 5.32 Å². The van der Waals surface area contributed by atoms with Crippen molar-refractivity contribution in [2.75, 3.05) is 11.1 Å². The van der Waals surface area contributed by atoms with Gasteiger partial charge in [-0.1, -0.05) is 53.7 Å². The Labute approximate surface area is 202 Å². The van der Waals surface area contributed by atoms with Crippen molar-refractivity contribution < 1.29 is 9.18 Å². The van der Waals surface area contributed by atoms with Crippen LogP contribution in [0, 0.1) is 12.7 Å². The molecule has 2 aromatic heterocycles. The number of aromatic nitrogens is 4. The van der Waals surface area contributed by atoms with Gasteiger partial charge in [0.15, 0.2) is 5.16 Å². The molecule has 0 radical (unpaired) electrons. The van der Waals surface area contributed by atoms with E-state index in [9.17, 15) is 14.0 Å². The minimum absolute atomic E-state index is 0.00282. The number of rotatable bonds is 5. The van der Waals surface area contributed by atoms with Crippen LogP contribution < -0.4 is 10.9 Å².